The second kappa shape index (κ2) is 5.91. The predicted molar refractivity (Wildman–Crippen MR) is 74.0 cm³/mol. The van der Waals surface area contributed by atoms with Crippen molar-refractivity contribution < 1.29 is 4.79 Å². The van der Waals surface area contributed by atoms with Crippen LogP contribution in [0.15, 0.2) is 18.2 Å². The zero-order valence-corrected chi connectivity index (χ0v) is 11.7. The first-order chi connectivity index (χ1) is 8.58. The Morgan fingerprint density at radius 3 is 2.94 bits per heavy atom. The van der Waals surface area contributed by atoms with Gasteiger partial charge >= 0.3 is 0 Å². The van der Waals surface area contributed by atoms with Crippen LogP contribution in [0.25, 0.3) is 0 Å². The Kier molecular flexibility index (Phi) is 4.49. The fourth-order valence-electron chi connectivity index (χ4n) is 2.11. The first kappa shape index (κ1) is 13.7. The number of hydrogen-bond acceptors (Lipinski definition) is 2. The first-order valence-electron chi connectivity index (χ1n) is 6.04. The molecule has 0 spiro atoms. The maximum atomic E-state index is 11.1. The van der Waals surface area contributed by atoms with Gasteiger partial charge in [0, 0.05) is 25.0 Å². The van der Waals surface area contributed by atoms with Gasteiger partial charge in [-0.2, -0.15) is 0 Å². The highest BCUT2D eigenvalue weighted by molar-refractivity contribution is 6.42. The summed E-state index contributed by atoms with van der Waals surface area (Å²) in [6.07, 6.45) is 1.51. The lowest BCUT2D eigenvalue weighted by Crippen LogP contribution is -2.36. The maximum absolute atomic E-state index is 11.1. The van der Waals surface area contributed by atoms with Crippen molar-refractivity contribution in [3.05, 3.63) is 33.8 Å². The summed E-state index contributed by atoms with van der Waals surface area (Å²) in [7, 11) is 0. The number of benzene rings is 1. The quantitative estimate of drug-likeness (QED) is 0.894. The van der Waals surface area contributed by atoms with Crippen molar-refractivity contribution >= 4 is 29.1 Å². The van der Waals surface area contributed by atoms with E-state index in [1.165, 1.54) is 0 Å². The highest BCUT2D eigenvalue weighted by atomic mass is 35.5. The molecule has 0 saturated carbocycles. The zero-order chi connectivity index (χ0) is 13.1. The van der Waals surface area contributed by atoms with E-state index in [-0.39, 0.29) is 18.0 Å². The van der Waals surface area contributed by atoms with Gasteiger partial charge in [-0.15, -0.1) is 0 Å². The Hall–Kier alpha value is -0.770. The molecule has 1 heterocycles. The third-order valence-corrected chi connectivity index (χ3v) is 4.04. The van der Waals surface area contributed by atoms with Crippen molar-refractivity contribution in [1.82, 2.24) is 10.6 Å². The molecule has 0 aliphatic carbocycles. The monoisotopic (exact) mass is 286 g/mol. The van der Waals surface area contributed by atoms with Crippen LogP contribution in [0.5, 0.6) is 0 Å². The molecule has 1 aliphatic heterocycles. The highest BCUT2D eigenvalue weighted by Crippen LogP contribution is 2.29. The molecule has 1 aliphatic rings. The van der Waals surface area contributed by atoms with E-state index in [4.69, 9.17) is 23.2 Å². The van der Waals surface area contributed by atoms with Crippen LogP contribution in [0.4, 0.5) is 0 Å². The molecule has 2 N–H and O–H groups in total. The molecule has 1 amide bonds. The van der Waals surface area contributed by atoms with Gasteiger partial charge in [-0.3, -0.25) is 4.79 Å². The summed E-state index contributed by atoms with van der Waals surface area (Å²) in [6, 6.07) is 5.95. The van der Waals surface area contributed by atoms with Gasteiger partial charge in [0.2, 0.25) is 5.91 Å². The average molecular weight is 287 g/mol. The molecule has 0 radical (unpaired) electrons. The van der Waals surface area contributed by atoms with Gasteiger partial charge in [-0.05, 0) is 25.0 Å². The lowest BCUT2D eigenvalue weighted by atomic mass is 10.1. The van der Waals surface area contributed by atoms with E-state index in [0.717, 1.165) is 18.5 Å². The summed E-state index contributed by atoms with van der Waals surface area (Å²) >= 11 is 12.2. The van der Waals surface area contributed by atoms with Crippen molar-refractivity contribution in [1.29, 1.82) is 0 Å². The number of carbonyl (C=O) groups is 1. The fraction of sp³-hybridized carbons (Fsp3) is 0.462. The minimum absolute atomic E-state index is 0.105. The normalized spacial score (nSPS) is 20.8. The maximum Gasteiger partial charge on any atom is 0.220 e. The lowest BCUT2D eigenvalue weighted by Gasteiger charge is -2.19. The van der Waals surface area contributed by atoms with E-state index in [0.29, 0.717) is 16.5 Å². The minimum Gasteiger partial charge on any atom is -0.352 e. The summed E-state index contributed by atoms with van der Waals surface area (Å²) < 4.78 is 0. The van der Waals surface area contributed by atoms with Crippen LogP contribution < -0.4 is 10.6 Å². The number of nitrogens with one attached hydrogen (secondary N) is 2. The van der Waals surface area contributed by atoms with Crippen molar-refractivity contribution in [2.45, 2.75) is 31.8 Å². The minimum atomic E-state index is 0.105. The van der Waals surface area contributed by atoms with Gasteiger partial charge in [0.1, 0.15) is 0 Å². The SMILES string of the molecule is CC(NCC1CCC(=O)N1)c1cccc(Cl)c1Cl. The van der Waals surface area contributed by atoms with Crippen LogP contribution >= 0.6 is 23.2 Å². The topological polar surface area (TPSA) is 41.1 Å². The second-order valence-corrected chi connectivity index (χ2v) is 5.36. The molecule has 0 aromatic heterocycles. The summed E-state index contributed by atoms with van der Waals surface area (Å²) in [5.41, 5.74) is 0.980. The third kappa shape index (κ3) is 3.16. The molecular formula is C13H16Cl2N2O. The Bertz CT molecular complexity index is 451. The summed E-state index contributed by atoms with van der Waals surface area (Å²) in [4.78, 5) is 11.1. The molecule has 1 saturated heterocycles. The fourth-order valence-corrected chi connectivity index (χ4v) is 2.59. The lowest BCUT2D eigenvalue weighted by molar-refractivity contribution is -0.119. The van der Waals surface area contributed by atoms with Gasteiger partial charge in [0.15, 0.2) is 0 Å². The smallest absolute Gasteiger partial charge is 0.220 e. The van der Waals surface area contributed by atoms with E-state index < -0.39 is 0 Å². The first-order valence-corrected chi connectivity index (χ1v) is 6.80. The Morgan fingerprint density at radius 2 is 2.28 bits per heavy atom. The average Bonchev–Trinajstić information content (AvgIpc) is 2.76. The van der Waals surface area contributed by atoms with Gasteiger partial charge in [-0.25, -0.2) is 0 Å². The van der Waals surface area contributed by atoms with Crippen LogP contribution in [-0.2, 0) is 4.79 Å². The molecule has 1 aromatic rings. The molecule has 1 aromatic carbocycles. The number of carbonyl (C=O) groups excluding carboxylic acids is 1. The Labute approximate surface area is 117 Å². The molecule has 98 valence electrons. The number of halogens is 2. The molecule has 18 heavy (non-hydrogen) atoms. The van der Waals surface area contributed by atoms with E-state index in [1.807, 2.05) is 19.1 Å². The second-order valence-electron chi connectivity index (χ2n) is 4.58. The predicted octanol–water partition coefficient (Wildman–Crippen LogP) is 2.92. The summed E-state index contributed by atoms with van der Waals surface area (Å²) in [5.74, 6) is 0.134. The van der Waals surface area contributed by atoms with Crippen LogP contribution in [0, 0.1) is 0 Å². The van der Waals surface area contributed by atoms with E-state index in [2.05, 4.69) is 10.6 Å². The molecule has 3 nitrogen and oxygen atoms in total. The zero-order valence-electron chi connectivity index (χ0n) is 10.2. The van der Waals surface area contributed by atoms with Crippen molar-refractivity contribution in [2.75, 3.05) is 6.54 Å². The molecule has 1 fully saturated rings. The van der Waals surface area contributed by atoms with Gasteiger partial charge in [-0.1, -0.05) is 35.3 Å². The van der Waals surface area contributed by atoms with Crippen molar-refractivity contribution in [2.24, 2.45) is 0 Å². The van der Waals surface area contributed by atoms with Crippen LogP contribution in [0.3, 0.4) is 0 Å². The van der Waals surface area contributed by atoms with Crippen LogP contribution in [-0.4, -0.2) is 18.5 Å². The molecular weight excluding hydrogens is 271 g/mol. The molecule has 2 atom stereocenters. The number of hydrogen-bond donors (Lipinski definition) is 2. The molecule has 5 heteroatoms. The standard InChI is InChI=1S/C13H16Cl2N2O/c1-8(10-3-2-4-11(14)13(10)15)16-7-9-5-6-12(18)17-9/h2-4,8-9,16H,5-7H2,1H3,(H,17,18). The van der Waals surface area contributed by atoms with E-state index in [1.54, 1.807) is 6.07 Å². The Balaban J connectivity index is 1.93. The third-order valence-electron chi connectivity index (χ3n) is 3.20. The highest BCUT2D eigenvalue weighted by Gasteiger charge is 2.21. The van der Waals surface area contributed by atoms with Gasteiger partial charge in [0.05, 0.1) is 10.0 Å². The van der Waals surface area contributed by atoms with Gasteiger partial charge in [0.25, 0.3) is 0 Å². The number of amides is 1. The van der Waals surface area contributed by atoms with Crippen molar-refractivity contribution in [3.63, 3.8) is 0 Å². The molecule has 2 rings (SSSR count). The molecule has 2 unspecified atom stereocenters. The van der Waals surface area contributed by atoms with Gasteiger partial charge < -0.3 is 10.6 Å². The summed E-state index contributed by atoms with van der Waals surface area (Å²) in [5, 5.41) is 7.46. The van der Waals surface area contributed by atoms with E-state index >= 15 is 0 Å². The van der Waals surface area contributed by atoms with Crippen LogP contribution in [0.2, 0.25) is 10.0 Å². The van der Waals surface area contributed by atoms with Crippen molar-refractivity contribution in [3.8, 4) is 0 Å². The summed E-state index contributed by atoms with van der Waals surface area (Å²) in [6.45, 7) is 2.78. The number of rotatable bonds is 4. The molecule has 0 bridgehead atoms. The Morgan fingerprint density at radius 1 is 1.50 bits per heavy atom. The van der Waals surface area contributed by atoms with E-state index in [9.17, 15) is 4.79 Å². The largest absolute Gasteiger partial charge is 0.352 e. The van der Waals surface area contributed by atoms with Crippen LogP contribution in [0.1, 0.15) is 31.4 Å².